The van der Waals surface area contributed by atoms with E-state index in [1.807, 2.05) is 30.3 Å². The molecule has 0 aliphatic rings. The average molecular weight is 340 g/mol. The van der Waals surface area contributed by atoms with Crippen LogP contribution in [-0.2, 0) is 9.63 Å². The predicted molar refractivity (Wildman–Crippen MR) is 76.5 cm³/mol. The summed E-state index contributed by atoms with van der Waals surface area (Å²) < 4.78 is 7.72. The van der Waals surface area contributed by atoms with Crippen molar-refractivity contribution in [2.45, 2.75) is 0 Å². The second-order valence-corrected chi connectivity index (χ2v) is 4.78. The van der Waals surface area contributed by atoms with Crippen LogP contribution in [0.15, 0.2) is 41.0 Å². The second-order valence-electron chi connectivity index (χ2n) is 3.92. The Labute approximate surface area is 125 Å². The summed E-state index contributed by atoms with van der Waals surface area (Å²) in [6, 6.07) is 9.61. The van der Waals surface area contributed by atoms with E-state index in [2.05, 4.69) is 21.0 Å². The molecule has 20 heavy (non-hydrogen) atoms. The van der Waals surface area contributed by atoms with E-state index in [4.69, 9.17) is 9.57 Å². The van der Waals surface area contributed by atoms with Crippen molar-refractivity contribution < 1.29 is 14.4 Å². The zero-order valence-electron chi connectivity index (χ0n) is 11.1. The van der Waals surface area contributed by atoms with Gasteiger partial charge in [-0.05, 0) is 28.1 Å². The van der Waals surface area contributed by atoms with Crippen molar-refractivity contribution in [2.75, 3.05) is 20.8 Å². The summed E-state index contributed by atoms with van der Waals surface area (Å²) in [7, 11) is 2.93. The Balaban J connectivity index is 2.07. The first kappa shape index (κ1) is 14.5. The van der Waals surface area contributed by atoms with E-state index in [-0.39, 0.29) is 12.5 Å². The molecular formula is C13H14BrN3O3. The van der Waals surface area contributed by atoms with E-state index in [0.717, 1.165) is 10.8 Å². The number of benzene rings is 1. The lowest BCUT2D eigenvalue weighted by atomic mass is 10.3. The summed E-state index contributed by atoms with van der Waals surface area (Å²) in [5.41, 5.74) is 0.906. The number of likely N-dealkylation sites (N-methyl/N-ethyl adjacent to an activating group) is 1. The highest BCUT2D eigenvalue weighted by atomic mass is 79.9. The lowest BCUT2D eigenvalue weighted by Crippen LogP contribution is -2.30. The smallest absolute Gasteiger partial charge is 0.283 e. The molecule has 1 heterocycles. The quantitative estimate of drug-likeness (QED) is 0.782. The van der Waals surface area contributed by atoms with E-state index in [0.29, 0.717) is 10.4 Å². The monoisotopic (exact) mass is 339 g/mol. The minimum atomic E-state index is -0.298. The van der Waals surface area contributed by atoms with Crippen LogP contribution in [0.4, 0.5) is 0 Å². The fraction of sp³-hybridized carbons (Fsp3) is 0.231. The normalized spacial score (nSPS) is 10.3. The van der Waals surface area contributed by atoms with Crippen molar-refractivity contribution >= 4 is 21.8 Å². The van der Waals surface area contributed by atoms with Gasteiger partial charge in [-0.3, -0.25) is 9.63 Å². The van der Waals surface area contributed by atoms with Gasteiger partial charge in [-0.2, -0.15) is 0 Å². The Kier molecular flexibility index (Phi) is 4.75. The van der Waals surface area contributed by atoms with E-state index >= 15 is 0 Å². The van der Waals surface area contributed by atoms with Gasteiger partial charge in [0.25, 0.3) is 5.91 Å². The number of nitrogens with zero attached hydrogens (tertiary/aromatic N) is 3. The number of para-hydroxylation sites is 1. The molecule has 0 bridgehead atoms. The molecule has 0 atom stereocenters. The third-order valence-electron chi connectivity index (χ3n) is 2.62. The van der Waals surface area contributed by atoms with Crippen molar-refractivity contribution in [1.82, 2.24) is 14.8 Å². The minimum Gasteiger partial charge on any atom is -0.466 e. The number of hydroxylamine groups is 2. The molecule has 0 N–H and O–H groups in total. The molecule has 1 aromatic heterocycles. The first-order valence-electron chi connectivity index (χ1n) is 5.86. The average Bonchev–Trinajstić information content (AvgIpc) is 2.86. The Morgan fingerprint density at radius 1 is 1.40 bits per heavy atom. The summed E-state index contributed by atoms with van der Waals surface area (Å²) >= 11 is 3.35. The van der Waals surface area contributed by atoms with Crippen LogP contribution in [0.2, 0.25) is 0 Å². The van der Waals surface area contributed by atoms with E-state index in [9.17, 15) is 4.79 Å². The molecule has 1 amide bonds. The maximum Gasteiger partial charge on any atom is 0.283 e. The van der Waals surface area contributed by atoms with Crippen molar-refractivity contribution in [3.63, 3.8) is 0 Å². The number of carbonyl (C=O) groups excluding carboxylic acids is 1. The van der Waals surface area contributed by atoms with Gasteiger partial charge >= 0.3 is 0 Å². The molecule has 0 unspecified atom stereocenters. The SMILES string of the molecule is CON(C)C(=O)COc1nn(-c2ccccc2)cc1Br. The summed E-state index contributed by atoms with van der Waals surface area (Å²) in [6.45, 7) is -0.144. The van der Waals surface area contributed by atoms with Crippen LogP contribution in [0, 0.1) is 0 Å². The standard InChI is InChI=1S/C13H14BrN3O3/c1-16(19-2)12(18)9-20-13-11(14)8-17(15-13)10-6-4-3-5-7-10/h3-8H,9H2,1-2H3. The Morgan fingerprint density at radius 3 is 2.75 bits per heavy atom. The number of halogens is 1. The van der Waals surface area contributed by atoms with Gasteiger partial charge in [0.2, 0.25) is 5.88 Å². The lowest BCUT2D eigenvalue weighted by molar-refractivity contribution is -0.170. The van der Waals surface area contributed by atoms with Gasteiger partial charge < -0.3 is 4.74 Å². The molecule has 0 spiro atoms. The minimum absolute atomic E-state index is 0.144. The number of amides is 1. The molecule has 2 aromatic rings. The zero-order valence-corrected chi connectivity index (χ0v) is 12.7. The lowest BCUT2D eigenvalue weighted by Gasteiger charge is -2.13. The highest BCUT2D eigenvalue weighted by Gasteiger charge is 2.13. The summed E-state index contributed by atoms with van der Waals surface area (Å²) in [5.74, 6) is 0.0559. The maximum atomic E-state index is 11.6. The molecule has 0 saturated heterocycles. The van der Waals surface area contributed by atoms with E-state index < -0.39 is 0 Å². The van der Waals surface area contributed by atoms with Crippen LogP contribution in [0.3, 0.4) is 0 Å². The predicted octanol–water partition coefficient (Wildman–Crippen LogP) is 2.03. The van der Waals surface area contributed by atoms with Gasteiger partial charge in [0, 0.05) is 13.2 Å². The summed E-state index contributed by atoms with van der Waals surface area (Å²) in [4.78, 5) is 16.3. The van der Waals surface area contributed by atoms with E-state index in [1.54, 1.807) is 10.9 Å². The molecule has 2 rings (SSSR count). The Bertz CT molecular complexity index is 586. The van der Waals surface area contributed by atoms with Gasteiger partial charge in [-0.15, -0.1) is 5.10 Å². The maximum absolute atomic E-state index is 11.6. The summed E-state index contributed by atoms with van der Waals surface area (Å²) in [5, 5.41) is 5.37. The number of aromatic nitrogens is 2. The molecule has 7 heteroatoms. The van der Waals surface area contributed by atoms with Gasteiger partial charge in [-0.1, -0.05) is 18.2 Å². The number of ether oxygens (including phenoxy) is 1. The number of hydrogen-bond donors (Lipinski definition) is 0. The number of rotatable bonds is 5. The molecule has 0 saturated carbocycles. The molecule has 0 fully saturated rings. The van der Waals surface area contributed by atoms with Crippen LogP contribution in [0.25, 0.3) is 5.69 Å². The molecule has 0 aliphatic carbocycles. The molecule has 0 radical (unpaired) electrons. The molecule has 106 valence electrons. The van der Waals surface area contributed by atoms with Gasteiger partial charge in [0.05, 0.1) is 17.3 Å². The van der Waals surface area contributed by atoms with Crippen LogP contribution in [0.1, 0.15) is 0 Å². The van der Waals surface area contributed by atoms with Crippen LogP contribution >= 0.6 is 15.9 Å². The first-order chi connectivity index (χ1) is 9.61. The van der Waals surface area contributed by atoms with Crippen LogP contribution in [-0.4, -0.2) is 41.5 Å². The van der Waals surface area contributed by atoms with Crippen LogP contribution in [0.5, 0.6) is 5.88 Å². The Morgan fingerprint density at radius 2 is 2.10 bits per heavy atom. The largest absolute Gasteiger partial charge is 0.466 e. The van der Waals surface area contributed by atoms with Gasteiger partial charge in [-0.25, -0.2) is 9.75 Å². The van der Waals surface area contributed by atoms with Crippen molar-refractivity contribution in [3.05, 3.63) is 41.0 Å². The molecule has 0 aliphatic heterocycles. The van der Waals surface area contributed by atoms with Crippen molar-refractivity contribution in [2.24, 2.45) is 0 Å². The second kappa shape index (κ2) is 6.53. The molecular weight excluding hydrogens is 326 g/mol. The fourth-order valence-corrected chi connectivity index (χ4v) is 1.86. The van der Waals surface area contributed by atoms with Crippen molar-refractivity contribution in [1.29, 1.82) is 0 Å². The highest BCUT2D eigenvalue weighted by Crippen LogP contribution is 2.24. The van der Waals surface area contributed by atoms with Gasteiger partial charge in [0.1, 0.15) is 0 Å². The van der Waals surface area contributed by atoms with E-state index in [1.165, 1.54) is 14.2 Å². The topological polar surface area (TPSA) is 56.6 Å². The van der Waals surface area contributed by atoms with Crippen molar-refractivity contribution in [3.8, 4) is 11.6 Å². The third kappa shape index (κ3) is 3.37. The highest BCUT2D eigenvalue weighted by molar-refractivity contribution is 9.10. The van der Waals surface area contributed by atoms with Gasteiger partial charge in [0.15, 0.2) is 6.61 Å². The number of hydrogen-bond acceptors (Lipinski definition) is 4. The Hall–Kier alpha value is -1.86. The molecule has 6 nitrogen and oxygen atoms in total. The number of carbonyl (C=O) groups is 1. The molecule has 1 aromatic carbocycles. The first-order valence-corrected chi connectivity index (χ1v) is 6.65. The fourth-order valence-electron chi connectivity index (χ4n) is 1.47. The zero-order chi connectivity index (χ0) is 14.5. The summed E-state index contributed by atoms with van der Waals surface area (Å²) in [6.07, 6.45) is 1.77. The van der Waals surface area contributed by atoms with Crippen LogP contribution < -0.4 is 4.74 Å². The third-order valence-corrected chi connectivity index (χ3v) is 3.16.